The van der Waals surface area contributed by atoms with Gasteiger partial charge in [-0.1, -0.05) is 36.4 Å². The average molecular weight is 323 g/mol. The fourth-order valence-corrected chi connectivity index (χ4v) is 3.00. The van der Waals surface area contributed by atoms with Gasteiger partial charge in [0.05, 0.1) is 5.56 Å². The second-order valence-corrected chi connectivity index (χ2v) is 6.27. The number of nitrogens with zero attached hydrogens (tertiary/aromatic N) is 1. The van der Waals surface area contributed by atoms with Crippen molar-refractivity contribution in [2.24, 2.45) is 0 Å². The minimum Gasteiger partial charge on any atom is -0.444 e. The van der Waals surface area contributed by atoms with E-state index in [0.717, 1.165) is 19.3 Å². The maximum atomic E-state index is 12.6. The second-order valence-electron chi connectivity index (χ2n) is 6.27. The van der Waals surface area contributed by atoms with Crippen LogP contribution in [0.25, 0.3) is 0 Å². The second kappa shape index (κ2) is 6.87. The third kappa shape index (κ3) is 3.32. The molecule has 1 aliphatic carbocycles. The number of carbonyl (C=O) groups excluding carboxylic acids is 2. The summed E-state index contributed by atoms with van der Waals surface area (Å²) in [6.07, 6.45) is 2.26. The molecule has 0 radical (unpaired) electrons. The molecular weight excluding hydrogens is 302 g/mol. The van der Waals surface area contributed by atoms with Gasteiger partial charge in [-0.3, -0.25) is 4.79 Å². The molecule has 0 heterocycles. The molecule has 0 saturated carbocycles. The van der Waals surface area contributed by atoms with Gasteiger partial charge in [0.15, 0.2) is 0 Å². The van der Waals surface area contributed by atoms with Crippen LogP contribution in [0.1, 0.15) is 39.6 Å². The Morgan fingerprint density at radius 3 is 2.42 bits per heavy atom. The van der Waals surface area contributed by atoms with E-state index in [1.165, 1.54) is 16.0 Å². The zero-order valence-electron chi connectivity index (χ0n) is 14.0. The van der Waals surface area contributed by atoms with Crippen LogP contribution in [-0.4, -0.2) is 30.9 Å². The van der Waals surface area contributed by atoms with E-state index >= 15 is 0 Å². The number of hydrogen-bond donors (Lipinski definition) is 0. The van der Waals surface area contributed by atoms with E-state index in [-0.39, 0.29) is 5.91 Å². The number of likely N-dealkylation sites (N-methyl/N-ethyl adjacent to an activating group) is 1. The summed E-state index contributed by atoms with van der Waals surface area (Å²) in [4.78, 5) is 26.4. The summed E-state index contributed by atoms with van der Waals surface area (Å²) in [5, 5.41) is 0. The predicted octanol–water partition coefficient (Wildman–Crippen LogP) is 3.16. The van der Waals surface area contributed by atoms with Crippen molar-refractivity contribution in [3.63, 3.8) is 0 Å². The van der Waals surface area contributed by atoms with Crippen LogP contribution in [-0.2, 0) is 22.4 Å². The van der Waals surface area contributed by atoms with Crippen molar-refractivity contribution < 1.29 is 14.3 Å². The van der Waals surface area contributed by atoms with E-state index in [2.05, 4.69) is 0 Å². The van der Waals surface area contributed by atoms with Crippen LogP contribution >= 0.6 is 0 Å². The zero-order valence-corrected chi connectivity index (χ0v) is 14.0. The van der Waals surface area contributed by atoms with Gasteiger partial charge in [-0.25, -0.2) is 4.79 Å². The molecule has 0 aliphatic heterocycles. The molecule has 0 fully saturated rings. The SMILES string of the molecule is CN(C)C(=O)[C@@H](OC(=O)c1ccc2c(c1)CCC2)c1ccccc1. The van der Waals surface area contributed by atoms with Gasteiger partial charge in [-0.15, -0.1) is 0 Å². The van der Waals surface area contributed by atoms with E-state index in [1.54, 1.807) is 32.3 Å². The molecule has 0 bridgehead atoms. The van der Waals surface area contributed by atoms with Crippen LogP contribution in [0, 0.1) is 0 Å². The van der Waals surface area contributed by atoms with Crippen molar-refractivity contribution >= 4 is 11.9 Å². The predicted molar refractivity (Wildman–Crippen MR) is 91.8 cm³/mol. The highest BCUT2D eigenvalue weighted by atomic mass is 16.5. The highest BCUT2D eigenvalue weighted by molar-refractivity contribution is 5.93. The molecule has 24 heavy (non-hydrogen) atoms. The fourth-order valence-electron chi connectivity index (χ4n) is 3.00. The lowest BCUT2D eigenvalue weighted by Gasteiger charge is -2.21. The third-order valence-electron chi connectivity index (χ3n) is 4.33. The molecule has 0 saturated heterocycles. The summed E-state index contributed by atoms with van der Waals surface area (Å²) in [6.45, 7) is 0. The van der Waals surface area contributed by atoms with E-state index in [1.807, 2.05) is 30.3 Å². The van der Waals surface area contributed by atoms with Crippen LogP contribution in [0.5, 0.6) is 0 Å². The minimum absolute atomic E-state index is 0.254. The Balaban J connectivity index is 1.84. The van der Waals surface area contributed by atoms with Crippen LogP contribution in [0.15, 0.2) is 48.5 Å². The first-order valence-corrected chi connectivity index (χ1v) is 8.15. The van der Waals surface area contributed by atoms with Gasteiger partial charge in [-0.05, 0) is 42.5 Å². The topological polar surface area (TPSA) is 46.6 Å². The Kier molecular flexibility index (Phi) is 4.65. The highest BCUT2D eigenvalue weighted by Gasteiger charge is 2.27. The van der Waals surface area contributed by atoms with Gasteiger partial charge in [0, 0.05) is 19.7 Å². The van der Waals surface area contributed by atoms with Crippen LogP contribution < -0.4 is 0 Å². The quantitative estimate of drug-likeness (QED) is 0.812. The Labute approximate surface area is 142 Å². The number of esters is 1. The summed E-state index contributed by atoms with van der Waals surface area (Å²) in [5.74, 6) is -0.718. The molecule has 4 heteroatoms. The number of amides is 1. The first kappa shape index (κ1) is 16.2. The number of hydrogen-bond acceptors (Lipinski definition) is 3. The maximum absolute atomic E-state index is 12.6. The van der Waals surface area contributed by atoms with E-state index < -0.39 is 12.1 Å². The largest absolute Gasteiger partial charge is 0.444 e. The van der Waals surface area contributed by atoms with E-state index in [4.69, 9.17) is 4.74 Å². The Morgan fingerprint density at radius 2 is 1.71 bits per heavy atom. The minimum atomic E-state index is -0.929. The monoisotopic (exact) mass is 323 g/mol. The molecule has 0 aromatic heterocycles. The molecule has 1 atom stereocenters. The Morgan fingerprint density at radius 1 is 1.00 bits per heavy atom. The van der Waals surface area contributed by atoms with Crippen molar-refractivity contribution in [2.75, 3.05) is 14.1 Å². The fraction of sp³-hybridized carbons (Fsp3) is 0.300. The third-order valence-corrected chi connectivity index (χ3v) is 4.33. The number of fused-ring (bicyclic) bond motifs is 1. The molecule has 4 nitrogen and oxygen atoms in total. The standard InChI is InChI=1S/C20H21NO3/c1-21(2)19(22)18(15-7-4-3-5-8-15)24-20(23)17-12-11-14-9-6-10-16(14)13-17/h3-5,7-8,11-13,18H,6,9-10H2,1-2H3/t18-/m0/s1. The molecule has 1 amide bonds. The molecule has 1 aliphatic rings. The van der Waals surface area contributed by atoms with Crippen molar-refractivity contribution in [3.05, 3.63) is 70.8 Å². The normalized spacial score (nSPS) is 13.9. The number of benzene rings is 2. The summed E-state index contributed by atoms with van der Waals surface area (Å²) in [7, 11) is 3.31. The van der Waals surface area contributed by atoms with E-state index in [9.17, 15) is 9.59 Å². The first-order chi connectivity index (χ1) is 11.6. The molecule has 0 unspecified atom stereocenters. The lowest BCUT2D eigenvalue weighted by molar-refractivity contribution is -0.138. The highest BCUT2D eigenvalue weighted by Crippen LogP contribution is 2.25. The molecule has 2 aromatic rings. The summed E-state index contributed by atoms with van der Waals surface area (Å²) in [6, 6.07) is 14.8. The number of carbonyl (C=O) groups is 2. The van der Waals surface area contributed by atoms with Crippen LogP contribution in [0.3, 0.4) is 0 Å². The van der Waals surface area contributed by atoms with Crippen molar-refractivity contribution in [3.8, 4) is 0 Å². The van der Waals surface area contributed by atoms with Crippen LogP contribution in [0.4, 0.5) is 0 Å². The summed E-state index contributed by atoms with van der Waals surface area (Å²) >= 11 is 0. The van der Waals surface area contributed by atoms with E-state index in [0.29, 0.717) is 11.1 Å². The van der Waals surface area contributed by atoms with Gasteiger partial charge in [0.2, 0.25) is 6.10 Å². The number of aryl methyl sites for hydroxylation is 2. The molecule has 0 spiro atoms. The Hall–Kier alpha value is -2.62. The van der Waals surface area contributed by atoms with Crippen molar-refractivity contribution in [1.29, 1.82) is 0 Å². The molecule has 2 aromatic carbocycles. The maximum Gasteiger partial charge on any atom is 0.339 e. The lowest BCUT2D eigenvalue weighted by atomic mass is 10.1. The molecule has 124 valence electrons. The van der Waals surface area contributed by atoms with Gasteiger partial charge >= 0.3 is 5.97 Å². The molecular formula is C20H21NO3. The Bertz CT molecular complexity index is 753. The molecule has 0 N–H and O–H groups in total. The van der Waals surface area contributed by atoms with Gasteiger partial charge in [-0.2, -0.15) is 0 Å². The average Bonchev–Trinajstić information content (AvgIpc) is 3.07. The number of rotatable bonds is 4. The number of ether oxygens (including phenoxy) is 1. The lowest BCUT2D eigenvalue weighted by Crippen LogP contribution is -2.31. The summed E-state index contributed by atoms with van der Waals surface area (Å²) < 4.78 is 5.58. The molecule has 3 rings (SSSR count). The first-order valence-electron chi connectivity index (χ1n) is 8.15. The van der Waals surface area contributed by atoms with Crippen molar-refractivity contribution in [1.82, 2.24) is 4.90 Å². The van der Waals surface area contributed by atoms with Gasteiger partial charge < -0.3 is 9.64 Å². The van der Waals surface area contributed by atoms with Crippen LogP contribution in [0.2, 0.25) is 0 Å². The van der Waals surface area contributed by atoms with Gasteiger partial charge in [0.25, 0.3) is 5.91 Å². The van der Waals surface area contributed by atoms with Gasteiger partial charge in [0.1, 0.15) is 0 Å². The zero-order chi connectivity index (χ0) is 17.1. The smallest absolute Gasteiger partial charge is 0.339 e. The summed E-state index contributed by atoms with van der Waals surface area (Å²) in [5.41, 5.74) is 3.68. The van der Waals surface area contributed by atoms with Crippen molar-refractivity contribution in [2.45, 2.75) is 25.4 Å².